The van der Waals surface area contributed by atoms with Gasteiger partial charge in [0.25, 0.3) is 0 Å². The molecule has 2 rings (SSSR count). The summed E-state index contributed by atoms with van der Waals surface area (Å²) in [5.41, 5.74) is 0.908. The van der Waals surface area contributed by atoms with Crippen LogP contribution in [0.3, 0.4) is 0 Å². The van der Waals surface area contributed by atoms with Crippen LogP contribution in [-0.4, -0.2) is 28.4 Å². The van der Waals surface area contributed by atoms with E-state index in [4.69, 9.17) is 0 Å². The Morgan fingerprint density at radius 2 is 2.27 bits per heavy atom. The summed E-state index contributed by atoms with van der Waals surface area (Å²) in [5.74, 6) is 0.206. The number of hydrogen-bond donors (Lipinski definition) is 0. The first-order valence-electron chi connectivity index (χ1n) is 5.41. The number of likely N-dealkylation sites (tertiary alicyclic amines) is 1. The summed E-state index contributed by atoms with van der Waals surface area (Å²) in [7, 11) is 0. The highest BCUT2D eigenvalue weighted by Gasteiger charge is 2.34. The van der Waals surface area contributed by atoms with Crippen LogP contribution in [0.15, 0.2) is 24.4 Å². The molecule has 1 saturated heterocycles. The Kier molecular flexibility index (Phi) is 2.71. The maximum absolute atomic E-state index is 12.0. The molecule has 0 radical (unpaired) electrons. The Bertz CT molecular complexity index is 348. The van der Waals surface area contributed by atoms with E-state index >= 15 is 0 Å². The molecule has 1 aromatic heterocycles. The molecule has 0 N–H and O–H groups in total. The van der Waals surface area contributed by atoms with Gasteiger partial charge in [-0.15, -0.1) is 0 Å². The van der Waals surface area contributed by atoms with E-state index in [1.54, 1.807) is 6.20 Å². The third kappa shape index (κ3) is 1.87. The maximum Gasteiger partial charge on any atom is 0.232 e. The van der Waals surface area contributed by atoms with E-state index in [2.05, 4.69) is 18.8 Å². The second kappa shape index (κ2) is 4.01. The van der Waals surface area contributed by atoms with E-state index in [-0.39, 0.29) is 11.8 Å². The zero-order chi connectivity index (χ0) is 10.8. The third-order valence-electron chi connectivity index (χ3n) is 2.91. The lowest BCUT2D eigenvalue weighted by atomic mass is 10.0. The number of hydrogen-bond acceptors (Lipinski definition) is 2. The van der Waals surface area contributed by atoms with Crippen LogP contribution in [0.5, 0.6) is 0 Å². The second-order valence-corrected chi connectivity index (χ2v) is 4.22. The molecular formula is C12H16N2O. The molecule has 1 aliphatic heterocycles. The third-order valence-corrected chi connectivity index (χ3v) is 2.91. The number of aromatic nitrogens is 1. The summed E-state index contributed by atoms with van der Waals surface area (Å²) in [6.45, 7) is 4.97. The zero-order valence-corrected chi connectivity index (χ0v) is 9.18. The molecule has 80 valence electrons. The molecule has 0 aromatic carbocycles. The van der Waals surface area contributed by atoms with Gasteiger partial charge in [0.15, 0.2) is 0 Å². The summed E-state index contributed by atoms with van der Waals surface area (Å²) < 4.78 is 0. The van der Waals surface area contributed by atoms with Crippen molar-refractivity contribution in [3.8, 4) is 0 Å². The monoisotopic (exact) mass is 204 g/mol. The van der Waals surface area contributed by atoms with Crippen LogP contribution in [0.25, 0.3) is 0 Å². The summed E-state index contributed by atoms with van der Waals surface area (Å²) in [4.78, 5) is 18.2. The average Bonchev–Trinajstić information content (AvgIpc) is 2.61. The number of nitrogens with zero attached hydrogens (tertiary/aromatic N) is 2. The minimum atomic E-state index is -0.0198. The largest absolute Gasteiger partial charge is 0.340 e. The van der Waals surface area contributed by atoms with Crippen LogP contribution < -0.4 is 0 Å². The molecule has 1 aromatic rings. The molecule has 1 atom stereocenters. The molecule has 0 aliphatic carbocycles. The summed E-state index contributed by atoms with van der Waals surface area (Å²) in [6, 6.07) is 6.05. The van der Waals surface area contributed by atoms with Crippen LogP contribution in [0.2, 0.25) is 0 Å². The molecule has 2 heterocycles. The predicted octanol–water partition coefficient (Wildman–Crippen LogP) is 1.81. The lowest BCUT2D eigenvalue weighted by Gasteiger charge is -2.20. The first-order chi connectivity index (χ1) is 7.20. The second-order valence-electron chi connectivity index (χ2n) is 4.22. The molecule has 1 unspecified atom stereocenters. The van der Waals surface area contributed by atoms with Crippen molar-refractivity contribution < 1.29 is 4.79 Å². The van der Waals surface area contributed by atoms with Gasteiger partial charge in [-0.3, -0.25) is 9.78 Å². The number of carbonyl (C=O) groups is 1. The predicted molar refractivity (Wildman–Crippen MR) is 58.4 cm³/mol. The Labute approximate surface area is 90.1 Å². The molecule has 1 aliphatic rings. The lowest BCUT2D eigenvalue weighted by molar-refractivity contribution is -0.130. The molecule has 0 spiro atoms. The Morgan fingerprint density at radius 3 is 2.80 bits per heavy atom. The fourth-order valence-electron chi connectivity index (χ4n) is 2.07. The number of amides is 1. The van der Waals surface area contributed by atoms with Crippen LogP contribution >= 0.6 is 0 Å². The lowest BCUT2D eigenvalue weighted by Crippen LogP contribution is -2.33. The fraction of sp³-hybridized carbons (Fsp3) is 0.500. The van der Waals surface area contributed by atoms with Gasteiger partial charge in [-0.25, -0.2) is 0 Å². The van der Waals surface area contributed by atoms with Crippen molar-refractivity contribution >= 4 is 5.91 Å². The highest BCUT2D eigenvalue weighted by molar-refractivity contribution is 5.85. The SMILES string of the molecule is CC(C)N1CCC(c2ccccn2)C1=O. The molecule has 0 bridgehead atoms. The van der Waals surface area contributed by atoms with Crippen molar-refractivity contribution in [1.29, 1.82) is 0 Å². The van der Waals surface area contributed by atoms with Crippen LogP contribution in [0.4, 0.5) is 0 Å². The zero-order valence-electron chi connectivity index (χ0n) is 9.18. The minimum absolute atomic E-state index is 0.0198. The summed E-state index contributed by atoms with van der Waals surface area (Å²) in [5, 5.41) is 0. The van der Waals surface area contributed by atoms with Gasteiger partial charge < -0.3 is 4.90 Å². The molecule has 0 saturated carbocycles. The van der Waals surface area contributed by atoms with Gasteiger partial charge in [-0.05, 0) is 32.4 Å². The fourth-order valence-corrected chi connectivity index (χ4v) is 2.07. The van der Waals surface area contributed by atoms with Gasteiger partial charge in [0.2, 0.25) is 5.91 Å². The van der Waals surface area contributed by atoms with E-state index in [1.807, 2.05) is 23.1 Å². The molecule has 3 nitrogen and oxygen atoms in total. The summed E-state index contributed by atoms with van der Waals surface area (Å²) >= 11 is 0. The maximum atomic E-state index is 12.0. The minimum Gasteiger partial charge on any atom is -0.340 e. The summed E-state index contributed by atoms with van der Waals surface area (Å²) in [6.07, 6.45) is 2.65. The average molecular weight is 204 g/mol. The highest BCUT2D eigenvalue weighted by atomic mass is 16.2. The van der Waals surface area contributed by atoms with E-state index in [0.717, 1.165) is 18.7 Å². The molecule has 1 amide bonds. The molecule has 1 fully saturated rings. The van der Waals surface area contributed by atoms with E-state index in [9.17, 15) is 4.79 Å². The number of carbonyl (C=O) groups excluding carboxylic acids is 1. The van der Waals surface area contributed by atoms with Crippen LogP contribution in [0.1, 0.15) is 31.9 Å². The van der Waals surface area contributed by atoms with Gasteiger partial charge in [0.05, 0.1) is 11.6 Å². The van der Waals surface area contributed by atoms with Gasteiger partial charge in [0, 0.05) is 18.8 Å². The van der Waals surface area contributed by atoms with Crippen LogP contribution in [0, 0.1) is 0 Å². The quantitative estimate of drug-likeness (QED) is 0.736. The van der Waals surface area contributed by atoms with Crippen molar-refractivity contribution in [2.24, 2.45) is 0 Å². The topological polar surface area (TPSA) is 33.2 Å². The first kappa shape index (κ1) is 10.1. The van der Waals surface area contributed by atoms with Gasteiger partial charge in [0.1, 0.15) is 0 Å². The smallest absolute Gasteiger partial charge is 0.232 e. The van der Waals surface area contributed by atoms with Crippen molar-refractivity contribution in [2.75, 3.05) is 6.54 Å². The molecular weight excluding hydrogens is 188 g/mol. The van der Waals surface area contributed by atoms with Crippen molar-refractivity contribution in [3.63, 3.8) is 0 Å². The standard InChI is InChI=1S/C12H16N2O/c1-9(2)14-8-6-10(12(14)15)11-5-3-4-7-13-11/h3-5,7,9-10H,6,8H2,1-2H3. The van der Waals surface area contributed by atoms with E-state index in [0.29, 0.717) is 6.04 Å². The molecule has 15 heavy (non-hydrogen) atoms. The van der Waals surface area contributed by atoms with E-state index in [1.165, 1.54) is 0 Å². The first-order valence-corrected chi connectivity index (χ1v) is 5.41. The Hall–Kier alpha value is -1.38. The highest BCUT2D eigenvalue weighted by Crippen LogP contribution is 2.28. The Balaban J connectivity index is 2.18. The van der Waals surface area contributed by atoms with Gasteiger partial charge in [-0.1, -0.05) is 6.07 Å². The normalized spacial score (nSPS) is 21.4. The number of rotatable bonds is 2. The van der Waals surface area contributed by atoms with E-state index < -0.39 is 0 Å². The van der Waals surface area contributed by atoms with Crippen molar-refractivity contribution in [3.05, 3.63) is 30.1 Å². The number of pyridine rings is 1. The van der Waals surface area contributed by atoms with Crippen molar-refractivity contribution in [2.45, 2.75) is 32.2 Å². The Morgan fingerprint density at radius 1 is 1.47 bits per heavy atom. The molecule has 3 heteroatoms. The van der Waals surface area contributed by atoms with Crippen molar-refractivity contribution in [1.82, 2.24) is 9.88 Å². The van der Waals surface area contributed by atoms with Gasteiger partial charge >= 0.3 is 0 Å². The van der Waals surface area contributed by atoms with Gasteiger partial charge in [-0.2, -0.15) is 0 Å². The van der Waals surface area contributed by atoms with Crippen LogP contribution in [-0.2, 0) is 4.79 Å².